The van der Waals surface area contributed by atoms with Gasteiger partial charge in [0.2, 0.25) is 0 Å². The van der Waals surface area contributed by atoms with Crippen molar-refractivity contribution in [3.63, 3.8) is 0 Å². The molecule has 0 heterocycles. The van der Waals surface area contributed by atoms with Gasteiger partial charge in [-0.25, -0.2) is 0 Å². The summed E-state index contributed by atoms with van der Waals surface area (Å²) in [6.45, 7) is 3.85. The van der Waals surface area contributed by atoms with Crippen LogP contribution in [0.4, 0.5) is 11.4 Å². The van der Waals surface area contributed by atoms with Crippen molar-refractivity contribution in [1.82, 2.24) is 4.72 Å². The standard InChI is InChI=1S/C11H17N3O2S/c1-7-5-10(12)11(6-8(7)2)14-17(15,16)13-9-3-4-9/h5-6,9,13-14H,3-4,12H2,1-2H3. The summed E-state index contributed by atoms with van der Waals surface area (Å²) in [6.07, 6.45) is 1.81. The molecule has 1 aliphatic rings. The number of nitrogen functional groups attached to an aromatic ring is 1. The quantitative estimate of drug-likeness (QED) is 0.709. The molecular weight excluding hydrogens is 238 g/mol. The van der Waals surface area contributed by atoms with Crippen LogP contribution in [0.15, 0.2) is 12.1 Å². The molecule has 0 bridgehead atoms. The van der Waals surface area contributed by atoms with Crippen molar-refractivity contribution in [2.45, 2.75) is 32.7 Å². The van der Waals surface area contributed by atoms with Gasteiger partial charge in [-0.05, 0) is 49.9 Å². The lowest BCUT2D eigenvalue weighted by Crippen LogP contribution is -2.32. The zero-order chi connectivity index (χ0) is 12.6. The largest absolute Gasteiger partial charge is 0.397 e. The molecule has 6 heteroatoms. The van der Waals surface area contributed by atoms with E-state index < -0.39 is 10.2 Å². The molecule has 0 atom stereocenters. The van der Waals surface area contributed by atoms with E-state index in [1.807, 2.05) is 13.8 Å². The van der Waals surface area contributed by atoms with Crippen molar-refractivity contribution in [3.8, 4) is 0 Å². The van der Waals surface area contributed by atoms with Gasteiger partial charge in [0, 0.05) is 6.04 Å². The fraction of sp³-hybridized carbons (Fsp3) is 0.455. The van der Waals surface area contributed by atoms with Crippen LogP contribution in [0, 0.1) is 13.8 Å². The van der Waals surface area contributed by atoms with Crippen LogP contribution in [-0.2, 0) is 10.2 Å². The predicted molar refractivity (Wildman–Crippen MR) is 69.0 cm³/mol. The highest BCUT2D eigenvalue weighted by molar-refractivity contribution is 7.90. The van der Waals surface area contributed by atoms with Crippen molar-refractivity contribution >= 4 is 21.6 Å². The second-order valence-corrected chi connectivity index (χ2v) is 5.97. The lowest BCUT2D eigenvalue weighted by Gasteiger charge is -2.12. The number of benzene rings is 1. The van der Waals surface area contributed by atoms with Crippen molar-refractivity contribution in [1.29, 1.82) is 0 Å². The molecule has 0 spiro atoms. The molecule has 1 aliphatic carbocycles. The summed E-state index contributed by atoms with van der Waals surface area (Å²) in [5, 5.41) is 0. The molecule has 2 rings (SSSR count). The number of anilines is 2. The van der Waals surface area contributed by atoms with Gasteiger partial charge in [0.25, 0.3) is 10.2 Å². The number of rotatable bonds is 4. The number of nitrogens with one attached hydrogen (secondary N) is 2. The van der Waals surface area contributed by atoms with E-state index >= 15 is 0 Å². The molecule has 0 aliphatic heterocycles. The van der Waals surface area contributed by atoms with Crippen molar-refractivity contribution in [3.05, 3.63) is 23.3 Å². The summed E-state index contributed by atoms with van der Waals surface area (Å²) in [5.41, 5.74) is 8.71. The van der Waals surface area contributed by atoms with Crippen LogP contribution in [-0.4, -0.2) is 14.5 Å². The molecule has 0 unspecified atom stereocenters. The van der Waals surface area contributed by atoms with E-state index in [0.717, 1.165) is 24.0 Å². The van der Waals surface area contributed by atoms with Crippen molar-refractivity contribution in [2.24, 2.45) is 0 Å². The van der Waals surface area contributed by atoms with Gasteiger partial charge in [-0.2, -0.15) is 13.1 Å². The third kappa shape index (κ3) is 3.10. The van der Waals surface area contributed by atoms with Crippen molar-refractivity contribution in [2.75, 3.05) is 10.5 Å². The molecule has 1 aromatic carbocycles. The normalized spacial score (nSPS) is 15.9. The van der Waals surface area contributed by atoms with Crippen LogP contribution >= 0.6 is 0 Å². The van der Waals surface area contributed by atoms with Crippen LogP contribution in [0.1, 0.15) is 24.0 Å². The van der Waals surface area contributed by atoms with E-state index in [9.17, 15) is 8.42 Å². The highest BCUT2D eigenvalue weighted by Crippen LogP contribution is 2.25. The smallest absolute Gasteiger partial charge is 0.299 e. The molecule has 94 valence electrons. The summed E-state index contributed by atoms with van der Waals surface area (Å²) in [4.78, 5) is 0. The first-order valence-electron chi connectivity index (χ1n) is 5.54. The van der Waals surface area contributed by atoms with Crippen LogP contribution in [0.2, 0.25) is 0 Å². The van der Waals surface area contributed by atoms with Gasteiger partial charge in [0.15, 0.2) is 0 Å². The maximum absolute atomic E-state index is 11.7. The first-order chi connectivity index (χ1) is 7.87. The Morgan fingerprint density at radius 1 is 1.24 bits per heavy atom. The molecule has 0 aromatic heterocycles. The molecule has 0 radical (unpaired) electrons. The highest BCUT2D eigenvalue weighted by Gasteiger charge is 2.27. The van der Waals surface area contributed by atoms with Gasteiger partial charge in [0.05, 0.1) is 11.4 Å². The summed E-state index contributed by atoms with van der Waals surface area (Å²) in [6, 6.07) is 3.60. The van der Waals surface area contributed by atoms with Gasteiger partial charge in [-0.15, -0.1) is 0 Å². The van der Waals surface area contributed by atoms with Crippen molar-refractivity contribution < 1.29 is 8.42 Å². The lowest BCUT2D eigenvalue weighted by atomic mass is 10.1. The Balaban J connectivity index is 2.20. The van der Waals surface area contributed by atoms with Gasteiger partial charge < -0.3 is 5.73 Å². The third-order valence-electron chi connectivity index (χ3n) is 2.81. The Labute approximate surface area is 102 Å². The third-order valence-corrected chi connectivity index (χ3v) is 3.94. The molecule has 0 amide bonds. The van der Waals surface area contributed by atoms with Crippen LogP contribution in [0.5, 0.6) is 0 Å². The fourth-order valence-corrected chi connectivity index (χ4v) is 2.72. The molecule has 1 fully saturated rings. The zero-order valence-electron chi connectivity index (χ0n) is 9.95. The summed E-state index contributed by atoms with van der Waals surface area (Å²) >= 11 is 0. The number of nitrogens with two attached hydrogens (primary N) is 1. The van der Waals surface area contributed by atoms with E-state index in [1.165, 1.54) is 0 Å². The summed E-state index contributed by atoms with van der Waals surface area (Å²) in [7, 11) is -3.50. The second kappa shape index (κ2) is 4.19. The minimum absolute atomic E-state index is 0.0836. The van der Waals surface area contributed by atoms with Crippen LogP contribution < -0.4 is 15.2 Å². The Morgan fingerprint density at radius 2 is 1.82 bits per heavy atom. The van der Waals surface area contributed by atoms with E-state index in [-0.39, 0.29) is 6.04 Å². The average molecular weight is 255 g/mol. The minimum atomic E-state index is -3.50. The van der Waals surface area contributed by atoms with Crippen LogP contribution in [0.3, 0.4) is 0 Å². The lowest BCUT2D eigenvalue weighted by molar-refractivity contribution is 0.586. The topological polar surface area (TPSA) is 84.2 Å². The fourth-order valence-electron chi connectivity index (χ4n) is 1.52. The first kappa shape index (κ1) is 12.2. The molecule has 1 saturated carbocycles. The van der Waals surface area contributed by atoms with E-state index in [2.05, 4.69) is 9.44 Å². The molecule has 5 nitrogen and oxygen atoms in total. The SMILES string of the molecule is Cc1cc(N)c(NS(=O)(=O)NC2CC2)cc1C. The zero-order valence-corrected chi connectivity index (χ0v) is 10.8. The Kier molecular flexibility index (Phi) is 3.01. The highest BCUT2D eigenvalue weighted by atomic mass is 32.2. The molecule has 1 aromatic rings. The van der Waals surface area contributed by atoms with E-state index in [4.69, 9.17) is 5.73 Å². The minimum Gasteiger partial charge on any atom is -0.397 e. The van der Waals surface area contributed by atoms with E-state index in [0.29, 0.717) is 11.4 Å². The average Bonchev–Trinajstić information content (AvgIpc) is 2.96. The molecular formula is C11H17N3O2S. The second-order valence-electron chi connectivity index (χ2n) is 4.52. The first-order valence-corrected chi connectivity index (χ1v) is 7.02. The maximum atomic E-state index is 11.7. The number of hydrogen-bond acceptors (Lipinski definition) is 3. The van der Waals surface area contributed by atoms with Crippen LogP contribution in [0.25, 0.3) is 0 Å². The summed E-state index contributed by atoms with van der Waals surface area (Å²) < 4.78 is 28.4. The Hall–Kier alpha value is -1.27. The monoisotopic (exact) mass is 255 g/mol. The number of aryl methyl sites for hydroxylation is 2. The van der Waals surface area contributed by atoms with Gasteiger partial charge >= 0.3 is 0 Å². The molecule has 0 saturated heterocycles. The Bertz CT molecular complexity index is 536. The Morgan fingerprint density at radius 3 is 2.41 bits per heavy atom. The predicted octanol–water partition coefficient (Wildman–Crippen LogP) is 1.29. The molecule has 4 N–H and O–H groups in total. The molecule has 17 heavy (non-hydrogen) atoms. The maximum Gasteiger partial charge on any atom is 0.299 e. The van der Waals surface area contributed by atoms with Gasteiger partial charge in [0.1, 0.15) is 0 Å². The number of hydrogen-bond donors (Lipinski definition) is 3. The van der Waals surface area contributed by atoms with E-state index in [1.54, 1.807) is 12.1 Å². The van der Waals surface area contributed by atoms with Gasteiger partial charge in [-0.3, -0.25) is 4.72 Å². The van der Waals surface area contributed by atoms with Gasteiger partial charge in [-0.1, -0.05) is 0 Å². The summed E-state index contributed by atoms with van der Waals surface area (Å²) in [5.74, 6) is 0.